The van der Waals surface area contributed by atoms with Crippen LogP contribution in [0, 0.1) is 20.8 Å². The van der Waals surface area contributed by atoms with Crippen LogP contribution in [-0.4, -0.2) is 4.98 Å². The van der Waals surface area contributed by atoms with Gasteiger partial charge in [0.25, 0.3) is 0 Å². The van der Waals surface area contributed by atoms with Crippen molar-refractivity contribution in [2.24, 2.45) is 0 Å². The zero-order chi connectivity index (χ0) is 9.42. The standard InChI is InChI=1S/C12H15N/c1-8-9(2)13-10(3)12-7-5-4-6-11(8)12/h6-7H,4-5H2,1-3H3. The highest BCUT2D eigenvalue weighted by Gasteiger charge is 2.03. The maximum atomic E-state index is 4.54. The summed E-state index contributed by atoms with van der Waals surface area (Å²) in [7, 11) is 0. The lowest BCUT2D eigenvalue weighted by Crippen LogP contribution is -2.33. The third kappa shape index (κ3) is 1.28. The van der Waals surface area contributed by atoms with E-state index in [0.29, 0.717) is 0 Å². The Bertz CT molecular complexity index is 455. The van der Waals surface area contributed by atoms with Gasteiger partial charge >= 0.3 is 0 Å². The first kappa shape index (κ1) is 8.49. The summed E-state index contributed by atoms with van der Waals surface area (Å²) in [6, 6.07) is 0. The van der Waals surface area contributed by atoms with Crippen LogP contribution in [0.2, 0.25) is 0 Å². The molecular weight excluding hydrogens is 158 g/mol. The minimum atomic E-state index is 1.16. The molecule has 2 rings (SSSR count). The van der Waals surface area contributed by atoms with Crippen LogP contribution in [0.3, 0.4) is 0 Å². The van der Waals surface area contributed by atoms with Crippen LogP contribution in [0.1, 0.15) is 29.8 Å². The fourth-order valence-electron chi connectivity index (χ4n) is 1.96. The number of aromatic nitrogens is 1. The van der Waals surface area contributed by atoms with E-state index in [9.17, 15) is 0 Å². The SMILES string of the molecule is Cc1nc(C)c2c(c1C)=CCCC=2. The van der Waals surface area contributed by atoms with Crippen molar-refractivity contribution in [3.05, 3.63) is 27.4 Å². The second-order valence-corrected chi connectivity index (χ2v) is 3.72. The van der Waals surface area contributed by atoms with E-state index in [1.807, 2.05) is 0 Å². The van der Waals surface area contributed by atoms with E-state index in [1.54, 1.807) is 0 Å². The molecule has 1 heterocycles. The van der Waals surface area contributed by atoms with Gasteiger partial charge in [-0.05, 0) is 49.6 Å². The topological polar surface area (TPSA) is 12.9 Å². The molecule has 1 nitrogen and oxygen atoms in total. The van der Waals surface area contributed by atoms with E-state index in [4.69, 9.17) is 0 Å². The van der Waals surface area contributed by atoms with Crippen LogP contribution in [0.4, 0.5) is 0 Å². The van der Waals surface area contributed by atoms with E-state index < -0.39 is 0 Å². The van der Waals surface area contributed by atoms with E-state index in [1.165, 1.54) is 33.8 Å². The molecule has 0 saturated carbocycles. The highest BCUT2D eigenvalue weighted by Crippen LogP contribution is 2.01. The Morgan fingerprint density at radius 1 is 0.923 bits per heavy atom. The lowest BCUT2D eigenvalue weighted by Gasteiger charge is -2.08. The summed E-state index contributed by atoms with van der Waals surface area (Å²) in [5, 5.41) is 2.77. The Morgan fingerprint density at radius 3 is 2.23 bits per heavy atom. The Hall–Kier alpha value is -1.11. The molecule has 0 amide bonds. The molecule has 0 fully saturated rings. The van der Waals surface area contributed by atoms with Gasteiger partial charge in [-0.25, -0.2) is 0 Å². The van der Waals surface area contributed by atoms with Gasteiger partial charge < -0.3 is 0 Å². The molecule has 0 aromatic carbocycles. The minimum Gasteiger partial charge on any atom is -0.258 e. The van der Waals surface area contributed by atoms with E-state index in [-0.39, 0.29) is 0 Å². The number of fused-ring (bicyclic) bond motifs is 1. The zero-order valence-electron chi connectivity index (χ0n) is 8.52. The van der Waals surface area contributed by atoms with Gasteiger partial charge in [0.1, 0.15) is 0 Å². The van der Waals surface area contributed by atoms with Gasteiger partial charge in [-0.3, -0.25) is 4.98 Å². The number of nitrogens with zero attached hydrogens (tertiary/aromatic N) is 1. The first-order chi connectivity index (χ1) is 6.20. The molecule has 0 saturated heterocycles. The van der Waals surface area contributed by atoms with Crippen LogP contribution in [0.15, 0.2) is 0 Å². The Morgan fingerprint density at radius 2 is 1.54 bits per heavy atom. The summed E-state index contributed by atoms with van der Waals surface area (Å²) in [6.07, 6.45) is 6.99. The maximum absolute atomic E-state index is 4.54. The normalized spacial score (nSPS) is 14.4. The monoisotopic (exact) mass is 173 g/mol. The number of aryl methyl sites for hydroxylation is 2. The summed E-state index contributed by atoms with van der Waals surface area (Å²) in [5.41, 5.74) is 3.69. The average molecular weight is 173 g/mol. The van der Waals surface area contributed by atoms with Gasteiger partial charge in [0, 0.05) is 11.4 Å². The third-order valence-electron chi connectivity index (χ3n) is 2.83. The molecule has 0 aliphatic heterocycles. The number of hydrogen-bond donors (Lipinski definition) is 0. The summed E-state index contributed by atoms with van der Waals surface area (Å²) >= 11 is 0. The molecule has 0 unspecified atom stereocenters. The van der Waals surface area contributed by atoms with Crippen LogP contribution in [0.5, 0.6) is 0 Å². The molecule has 0 N–H and O–H groups in total. The Balaban J connectivity index is 2.95. The molecule has 0 atom stereocenters. The van der Waals surface area contributed by atoms with E-state index in [0.717, 1.165) is 6.42 Å². The lowest BCUT2D eigenvalue weighted by molar-refractivity contribution is 1.02. The van der Waals surface area contributed by atoms with Crippen LogP contribution in [0.25, 0.3) is 12.2 Å². The van der Waals surface area contributed by atoms with Gasteiger partial charge in [0.15, 0.2) is 0 Å². The van der Waals surface area contributed by atoms with Gasteiger partial charge in [-0.2, -0.15) is 0 Å². The lowest BCUT2D eigenvalue weighted by atomic mass is 10.0. The molecular formula is C12H15N. The highest BCUT2D eigenvalue weighted by atomic mass is 14.7. The molecule has 1 aromatic rings. The Labute approximate surface area is 78.8 Å². The minimum absolute atomic E-state index is 1.16. The predicted molar refractivity (Wildman–Crippen MR) is 55.9 cm³/mol. The summed E-state index contributed by atoms with van der Waals surface area (Å²) < 4.78 is 0. The molecule has 13 heavy (non-hydrogen) atoms. The number of pyridine rings is 1. The number of rotatable bonds is 0. The molecule has 1 aliphatic carbocycles. The van der Waals surface area contributed by atoms with Crippen LogP contribution >= 0.6 is 0 Å². The zero-order valence-corrected chi connectivity index (χ0v) is 8.52. The third-order valence-corrected chi connectivity index (χ3v) is 2.83. The molecule has 0 radical (unpaired) electrons. The van der Waals surface area contributed by atoms with Gasteiger partial charge in [0.2, 0.25) is 0 Å². The van der Waals surface area contributed by atoms with Crippen molar-refractivity contribution in [2.75, 3.05) is 0 Å². The molecule has 68 valence electrons. The molecule has 1 heteroatoms. The summed E-state index contributed by atoms with van der Waals surface area (Å²) in [4.78, 5) is 4.54. The summed E-state index contributed by atoms with van der Waals surface area (Å²) in [5.74, 6) is 0. The molecule has 1 aliphatic rings. The van der Waals surface area contributed by atoms with Crippen molar-refractivity contribution in [1.29, 1.82) is 0 Å². The second kappa shape index (κ2) is 2.99. The van der Waals surface area contributed by atoms with Crippen LogP contribution in [-0.2, 0) is 0 Å². The maximum Gasteiger partial charge on any atom is 0.0451 e. The van der Waals surface area contributed by atoms with E-state index in [2.05, 4.69) is 37.9 Å². The van der Waals surface area contributed by atoms with E-state index >= 15 is 0 Å². The van der Waals surface area contributed by atoms with Crippen molar-refractivity contribution >= 4 is 12.2 Å². The van der Waals surface area contributed by atoms with Crippen molar-refractivity contribution in [3.63, 3.8) is 0 Å². The van der Waals surface area contributed by atoms with Crippen molar-refractivity contribution in [1.82, 2.24) is 4.98 Å². The van der Waals surface area contributed by atoms with Crippen LogP contribution < -0.4 is 10.4 Å². The quantitative estimate of drug-likeness (QED) is 0.577. The smallest absolute Gasteiger partial charge is 0.0451 e. The highest BCUT2D eigenvalue weighted by molar-refractivity contribution is 5.43. The second-order valence-electron chi connectivity index (χ2n) is 3.72. The molecule has 0 bridgehead atoms. The number of hydrogen-bond acceptors (Lipinski definition) is 1. The Kier molecular flexibility index (Phi) is 1.95. The van der Waals surface area contributed by atoms with Gasteiger partial charge in [-0.1, -0.05) is 12.2 Å². The molecule has 0 spiro atoms. The van der Waals surface area contributed by atoms with Crippen molar-refractivity contribution in [3.8, 4) is 0 Å². The first-order valence-electron chi connectivity index (χ1n) is 4.84. The largest absolute Gasteiger partial charge is 0.258 e. The van der Waals surface area contributed by atoms with Gasteiger partial charge in [-0.15, -0.1) is 0 Å². The molecule has 1 aromatic heterocycles. The van der Waals surface area contributed by atoms with Crippen molar-refractivity contribution < 1.29 is 0 Å². The van der Waals surface area contributed by atoms with Crippen molar-refractivity contribution in [2.45, 2.75) is 33.6 Å². The first-order valence-corrected chi connectivity index (χ1v) is 4.84. The predicted octanol–water partition coefficient (Wildman–Crippen LogP) is 1.36. The van der Waals surface area contributed by atoms with Gasteiger partial charge in [0.05, 0.1) is 0 Å². The fraction of sp³-hybridized carbons (Fsp3) is 0.417. The average Bonchev–Trinajstić information content (AvgIpc) is 2.15. The summed E-state index contributed by atoms with van der Waals surface area (Å²) in [6.45, 7) is 6.35. The fourth-order valence-corrected chi connectivity index (χ4v) is 1.96.